The Balaban J connectivity index is 2.63. The maximum Gasteiger partial charge on any atom is 0.243 e. The SMILES string of the molecule is CCC(N)c1nc(CCO)no1. The van der Waals surface area contributed by atoms with E-state index in [2.05, 4.69) is 10.1 Å². The van der Waals surface area contributed by atoms with Crippen molar-refractivity contribution < 1.29 is 9.63 Å². The van der Waals surface area contributed by atoms with E-state index in [1.807, 2.05) is 6.92 Å². The predicted octanol–water partition coefficient (Wildman–Crippen LogP) is 0.0142. The molecule has 1 aromatic rings. The zero-order valence-electron chi connectivity index (χ0n) is 7.03. The van der Waals surface area contributed by atoms with Crippen LogP contribution in [0.25, 0.3) is 0 Å². The predicted molar refractivity (Wildman–Crippen MR) is 42.3 cm³/mol. The number of aliphatic hydroxyl groups is 1. The Hall–Kier alpha value is -0.940. The lowest BCUT2D eigenvalue weighted by molar-refractivity contribution is 0.292. The summed E-state index contributed by atoms with van der Waals surface area (Å²) in [5.41, 5.74) is 5.65. The van der Waals surface area contributed by atoms with E-state index in [1.165, 1.54) is 0 Å². The standard InChI is InChI=1S/C7H13N3O2/c1-2-5(8)7-9-6(3-4-11)10-12-7/h5,11H,2-4,8H2,1H3. The van der Waals surface area contributed by atoms with Crippen molar-refractivity contribution >= 4 is 0 Å². The summed E-state index contributed by atoms with van der Waals surface area (Å²) in [4.78, 5) is 4.01. The average Bonchev–Trinajstić information content (AvgIpc) is 2.52. The van der Waals surface area contributed by atoms with Gasteiger partial charge in [-0.3, -0.25) is 0 Å². The molecule has 5 nitrogen and oxygen atoms in total. The number of aliphatic hydroxyl groups excluding tert-OH is 1. The van der Waals surface area contributed by atoms with E-state index in [9.17, 15) is 0 Å². The molecule has 1 unspecified atom stereocenters. The number of hydrogen-bond acceptors (Lipinski definition) is 5. The third-order valence-corrected chi connectivity index (χ3v) is 1.58. The molecule has 1 aromatic heterocycles. The van der Waals surface area contributed by atoms with Gasteiger partial charge in [0.2, 0.25) is 5.89 Å². The lowest BCUT2D eigenvalue weighted by Crippen LogP contribution is -2.09. The van der Waals surface area contributed by atoms with E-state index in [-0.39, 0.29) is 12.6 Å². The molecule has 3 N–H and O–H groups in total. The average molecular weight is 171 g/mol. The molecule has 0 saturated carbocycles. The Morgan fingerprint density at radius 1 is 1.67 bits per heavy atom. The second kappa shape index (κ2) is 4.18. The van der Waals surface area contributed by atoms with Crippen molar-refractivity contribution in [2.75, 3.05) is 6.61 Å². The van der Waals surface area contributed by atoms with Crippen molar-refractivity contribution in [3.05, 3.63) is 11.7 Å². The highest BCUT2D eigenvalue weighted by molar-refractivity contribution is 4.91. The van der Waals surface area contributed by atoms with Crippen LogP contribution in [-0.4, -0.2) is 21.9 Å². The molecular formula is C7H13N3O2. The van der Waals surface area contributed by atoms with E-state index >= 15 is 0 Å². The summed E-state index contributed by atoms with van der Waals surface area (Å²) in [7, 11) is 0. The van der Waals surface area contributed by atoms with E-state index < -0.39 is 0 Å². The Kier molecular flexibility index (Phi) is 3.19. The van der Waals surface area contributed by atoms with Gasteiger partial charge in [0.05, 0.1) is 12.6 Å². The number of rotatable bonds is 4. The van der Waals surface area contributed by atoms with Crippen LogP contribution in [0.2, 0.25) is 0 Å². The first-order valence-corrected chi connectivity index (χ1v) is 3.96. The molecule has 0 aromatic carbocycles. The summed E-state index contributed by atoms with van der Waals surface area (Å²) >= 11 is 0. The molecule has 0 fully saturated rings. The lowest BCUT2D eigenvalue weighted by Gasteiger charge is -1.98. The first kappa shape index (κ1) is 9.15. The number of aromatic nitrogens is 2. The first-order valence-electron chi connectivity index (χ1n) is 3.96. The summed E-state index contributed by atoms with van der Waals surface area (Å²) in [5, 5.41) is 12.2. The molecule has 1 atom stereocenters. The van der Waals surface area contributed by atoms with Gasteiger partial charge in [0, 0.05) is 6.42 Å². The minimum absolute atomic E-state index is 0.0281. The van der Waals surface area contributed by atoms with Crippen molar-refractivity contribution in [3.63, 3.8) is 0 Å². The highest BCUT2D eigenvalue weighted by Gasteiger charge is 2.11. The van der Waals surface area contributed by atoms with Crippen LogP contribution in [0.4, 0.5) is 0 Å². The Morgan fingerprint density at radius 3 is 3.00 bits per heavy atom. The summed E-state index contributed by atoms with van der Waals surface area (Å²) < 4.78 is 4.87. The summed E-state index contributed by atoms with van der Waals surface area (Å²) in [5.74, 6) is 0.956. The maximum absolute atomic E-state index is 8.57. The summed E-state index contributed by atoms with van der Waals surface area (Å²) in [6, 6.07) is -0.190. The van der Waals surface area contributed by atoms with Gasteiger partial charge in [0.25, 0.3) is 0 Å². The van der Waals surface area contributed by atoms with Gasteiger partial charge in [-0.25, -0.2) is 0 Å². The van der Waals surface area contributed by atoms with Crippen LogP contribution >= 0.6 is 0 Å². The normalized spacial score (nSPS) is 13.2. The largest absolute Gasteiger partial charge is 0.396 e. The lowest BCUT2D eigenvalue weighted by atomic mass is 10.2. The van der Waals surface area contributed by atoms with Crippen molar-refractivity contribution in [2.24, 2.45) is 5.73 Å². The number of nitrogens with two attached hydrogens (primary N) is 1. The monoisotopic (exact) mass is 171 g/mol. The van der Waals surface area contributed by atoms with Gasteiger partial charge in [0.15, 0.2) is 5.82 Å². The molecule has 1 heterocycles. The fourth-order valence-corrected chi connectivity index (χ4v) is 0.794. The van der Waals surface area contributed by atoms with E-state index in [4.69, 9.17) is 15.4 Å². The molecule has 68 valence electrons. The smallest absolute Gasteiger partial charge is 0.243 e. The second-order valence-electron chi connectivity index (χ2n) is 2.54. The third-order valence-electron chi connectivity index (χ3n) is 1.58. The second-order valence-corrected chi connectivity index (χ2v) is 2.54. The third kappa shape index (κ3) is 2.02. The van der Waals surface area contributed by atoms with E-state index in [0.717, 1.165) is 6.42 Å². The van der Waals surface area contributed by atoms with Gasteiger partial charge >= 0.3 is 0 Å². The molecule has 12 heavy (non-hydrogen) atoms. The molecule has 0 saturated heterocycles. The summed E-state index contributed by atoms with van der Waals surface area (Å²) in [6.45, 7) is 1.97. The molecule has 0 aliphatic rings. The van der Waals surface area contributed by atoms with Gasteiger partial charge in [-0.15, -0.1) is 0 Å². The maximum atomic E-state index is 8.57. The molecule has 0 aliphatic carbocycles. The molecule has 0 amide bonds. The van der Waals surface area contributed by atoms with Crippen LogP contribution in [0.3, 0.4) is 0 Å². The Labute approximate surface area is 70.6 Å². The van der Waals surface area contributed by atoms with Gasteiger partial charge in [0.1, 0.15) is 0 Å². The topological polar surface area (TPSA) is 85.2 Å². The van der Waals surface area contributed by atoms with Gasteiger partial charge < -0.3 is 15.4 Å². The van der Waals surface area contributed by atoms with Crippen molar-refractivity contribution in [1.82, 2.24) is 10.1 Å². The highest BCUT2D eigenvalue weighted by Crippen LogP contribution is 2.10. The molecule has 0 radical (unpaired) electrons. The minimum Gasteiger partial charge on any atom is -0.396 e. The molecule has 5 heteroatoms. The van der Waals surface area contributed by atoms with Crippen molar-refractivity contribution in [1.29, 1.82) is 0 Å². The fraction of sp³-hybridized carbons (Fsp3) is 0.714. The van der Waals surface area contributed by atoms with Gasteiger partial charge in [-0.2, -0.15) is 4.98 Å². The number of nitrogens with zero attached hydrogens (tertiary/aromatic N) is 2. The van der Waals surface area contributed by atoms with E-state index in [1.54, 1.807) is 0 Å². The zero-order valence-corrected chi connectivity index (χ0v) is 7.03. The molecular weight excluding hydrogens is 158 g/mol. The molecule has 1 rings (SSSR count). The molecule has 0 bridgehead atoms. The van der Waals surface area contributed by atoms with Crippen LogP contribution in [0.5, 0.6) is 0 Å². The van der Waals surface area contributed by atoms with E-state index in [0.29, 0.717) is 18.1 Å². The quantitative estimate of drug-likeness (QED) is 0.666. The van der Waals surface area contributed by atoms with Crippen molar-refractivity contribution in [2.45, 2.75) is 25.8 Å². The van der Waals surface area contributed by atoms with Crippen LogP contribution in [0, 0.1) is 0 Å². The van der Waals surface area contributed by atoms with Crippen LogP contribution < -0.4 is 5.73 Å². The van der Waals surface area contributed by atoms with Crippen LogP contribution in [0.15, 0.2) is 4.52 Å². The van der Waals surface area contributed by atoms with Crippen LogP contribution in [-0.2, 0) is 6.42 Å². The number of hydrogen-bond donors (Lipinski definition) is 2. The Morgan fingerprint density at radius 2 is 2.42 bits per heavy atom. The highest BCUT2D eigenvalue weighted by atomic mass is 16.5. The fourth-order valence-electron chi connectivity index (χ4n) is 0.794. The molecule has 0 spiro atoms. The van der Waals surface area contributed by atoms with Gasteiger partial charge in [-0.05, 0) is 6.42 Å². The molecule has 0 aliphatic heterocycles. The van der Waals surface area contributed by atoms with Gasteiger partial charge in [-0.1, -0.05) is 12.1 Å². The Bertz CT molecular complexity index is 236. The first-order chi connectivity index (χ1) is 5.77. The van der Waals surface area contributed by atoms with Crippen LogP contribution in [0.1, 0.15) is 31.1 Å². The zero-order chi connectivity index (χ0) is 8.97. The summed E-state index contributed by atoms with van der Waals surface area (Å²) in [6.07, 6.45) is 1.18. The minimum atomic E-state index is -0.190. The van der Waals surface area contributed by atoms with Crippen molar-refractivity contribution in [3.8, 4) is 0 Å².